The van der Waals surface area contributed by atoms with Crippen molar-refractivity contribution in [2.24, 2.45) is 0 Å². The van der Waals surface area contributed by atoms with Crippen molar-refractivity contribution in [2.45, 2.75) is 9.37 Å². The molecule has 3 aromatic heterocycles. The van der Waals surface area contributed by atoms with Crippen LogP contribution in [0.15, 0.2) is 56.7 Å². The summed E-state index contributed by atoms with van der Waals surface area (Å²) in [6.45, 7) is 0. The summed E-state index contributed by atoms with van der Waals surface area (Å²) in [5.74, 6) is -0.0114. The van der Waals surface area contributed by atoms with Gasteiger partial charge < -0.3 is 10.1 Å². The molecule has 0 aliphatic carbocycles. The molecule has 0 saturated heterocycles. The molecule has 9 heteroatoms. The number of rotatable bonds is 4. The lowest BCUT2D eigenvalue weighted by Gasteiger charge is -1.96. The number of hydrogen-bond donors (Lipinski definition) is 0. The Morgan fingerprint density at radius 1 is 1.17 bits per heavy atom. The van der Waals surface area contributed by atoms with Crippen LogP contribution in [0.4, 0.5) is 5.82 Å². The normalized spacial score (nSPS) is 11.1. The lowest BCUT2D eigenvalue weighted by molar-refractivity contribution is -0.393. The van der Waals surface area contributed by atoms with Gasteiger partial charge in [-0.05, 0) is 16.7 Å². The van der Waals surface area contributed by atoms with E-state index in [9.17, 15) is 10.1 Å². The van der Waals surface area contributed by atoms with Crippen LogP contribution < -0.4 is 0 Å². The highest BCUT2D eigenvalue weighted by atomic mass is 32.2. The van der Waals surface area contributed by atoms with Gasteiger partial charge in [0.1, 0.15) is 6.20 Å². The van der Waals surface area contributed by atoms with Gasteiger partial charge in [-0.3, -0.25) is 0 Å². The third-order valence-corrected chi connectivity index (χ3v) is 5.78. The molecule has 0 aliphatic heterocycles. The Balaban J connectivity index is 1.69. The molecule has 0 fully saturated rings. The Morgan fingerprint density at radius 3 is 2.78 bits per heavy atom. The molecule has 114 valence electrons. The second kappa shape index (κ2) is 5.76. The van der Waals surface area contributed by atoms with Gasteiger partial charge in [0.2, 0.25) is 5.03 Å². The summed E-state index contributed by atoms with van der Waals surface area (Å²) in [4.78, 5) is 20.4. The first-order valence-electron chi connectivity index (χ1n) is 6.51. The molecule has 6 nitrogen and oxygen atoms in total. The van der Waals surface area contributed by atoms with Gasteiger partial charge in [0.05, 0.1) is 5.69 Å². The molecule has 0 spiro atoms. The summed E-state index contributed by atoms with van der Waals surface area (Å²) in [5.41, 5.74) is 1.89. The Labute approximate surface area is 142 Å². The van der Waals surface area contributed by atoms with Gasteiger partial charge in [0.15, 0.2) is 4.34 Å². The number of nitro groups is 1. The molecule has 0 saturated carbocycles. The summed E-state index contributed by atoms with van der Waals surface area (Å²) in [6.07, 6.45) is 1.66. The van der Waals surface area contributed by atoms with E-state index in [0.29, 0.717) is 9.99 Å². The van der Waals surface area contributed by atoms with E-state index in [2.05, 4.69) is 9.97 Å². The minimum atomic E-state index is -0.402. The number of imidazole rings is 1. The van der Waals surface area contributed by atoms with Gasteiger partial charge in [0.25, 0.3) is 4.96 Å². The zero-order valence-corrected chi connectivity index (χ0v) is 13.9. The molecule has 4 aromatic rings. The van der Waals surface area contributed by atoms with Crippen LogP contribution in [0.1, 0.15) is 0 Å². The summed E-state index contributed by atoms with van der Waals surface area (Å²) >= 11 is 4.05. The van der Waals surface area contributed by atoms with Gasteiger partial charge in [-0.2, -0.15) is 9.38 Å². The van der Waals surface area contributed by atoms with Gasteiger partial charge >= 0.3 is 5.82 Å². The molecule has 0 radical (unpaired) electrons. The quantitative estimate of drug-likeness (QED) is 0.393. The zero-order valence-electron chi connectivity index (χ0n) is 11.4. The summed E-state index contributed by atoms with van der Waals surface area (Å²) in [5, 5.41) is 15.4. The smallest absolute Gasteiger partial charge is 0.358 e. The summed E-state index contributed by atoms with van der Waals surface area (Å²) in [6, 6.07) is 9.83. The van der Waals surface area contributed by atoms with Crippen LogP contribution in [0, 0.1) is 10.1 Å². The van der Waals surface area contributed by atoms with E-state index >= 15 is 0 Å². The predicted molar refractivity (Wildman–Crippen MR) is 91.4 cm³/mol. The molecular formula is C14H8N4O2S3. The highest BCUT2D eigenvalue weighted by molar-refractivity contribution is 8.01. The molecular weight excluding hydrogens is 352 g/mol. The van der Waals surface area contributed by atoms with Crippen molar-refractivity contribution in [3.8, 4) is 11.3 Å². The number of thiazole rings is 2. The maximum Gasteiger partial charge on any atom is 0.363 e. The molecule has 0 N–H and O–H groups in total. The number of nitrogens with zero attached hydrogens (tertiary/aromatic N) is 4. The third kappa shape index (κ3) is 2.62. The minimum absolute atomic E-state index is 0.0114. The van der Waals surface area contributed by atoms with E-state index in [1.165, 1.54) is 38.8 Å². The standard InChI is InChI=1S/C14H8N4O2S3/c19-18(20)12-11(16-13-17(12)6-7-21-13)23-14-15-10(8-22-14)9-4-2-1-3-5-9/h1-8H. The topological polar surface area (TPSA) is 73.3 Å². The van der Waals surface area contributed by atoms with Gasteiger partial charge in [-0.1, -0.05) is 41.7 Å². The van der Waals surface area contributed by atoms with Crippen LogP contribution in [-0.4, -0.2) is 19.3 Å². The fraction of sp³-hybridized carbons (Fsp3) is 0. The van der Waals surface area contributed by atoms with Crippen molar-refractivity contribution in [1.82, 2.24) is 14.4 Å². The maximum absolute atomic E-state index is 11.3. The van der Waals surface area contributed by atoms with Crippen LogP contribution in [0.2, 0.25) is 0 Å². The third-order valence-electron chi connectivity index (χ3n) is 3.12. The lowest BCUT2D eigenvalue weighted by Crippen LogP contribution is -1.93. The molecule has 23 heavy (non-hydrogen) atoms. The highest BCUT2D eigenvalue weighted by Crippen LogP contribution is 2.38. The van der Waals surface area contributed by atoms with Crippen LogP contribution in [-0.2, 0) is 0 Å². The molecule has 0 atom stereocenters. The molecule has 0 bridgehead atoms. The van der Waals surface area contributed by atoms with Crippen molar-refractivity contribution >= 4 is 45.2 Å². The van der Waals surface area contributed by atoms with Crippen molar-refractivity contribution in [3.63, 3.8) is 0 Å². The Bertz CT molecular complexity index is 990. The van der Waals surface area contributed by atoms with Crippen LogP contribution in [0.25, 0.3) is 16.2 Å². The lowest BCUT2D eigenvalue weighted by atomic mass is 10.2. The highest BCUT2D eigenvalue weighted by Gasteiger charge is 2.25. The van der Waals surface area contributed by atoms with Crippen molar-refractivity contribution in [2.75, 3.05) is 0 Å². The van der Waals surface area contributed by atoms with E-state index < -0.39 is 4.92 Å². The van der Waals surface area contributed by atoms with Gasteiger partial charge in [0, 0.05) is 16.3 Å². The van der Waals surface area contributed by atoms with Crippen molar-refractivity contribution < 1.29 is 4.92 Å². The molecule has 4 rings (SSSR count). The maximum atomic E-state index is 11.3. The first kappa shape index (κ1) is 14.4. The van der Waals surface area contributed by atoms with E-state index in [0.717, 1.165) is 15.6 Å². The predicted octanol–water partition coefficient (Wildman–Crippen LogP) is 4.58. The number of fused-ring (bicyclic) bond motifs is 1. The first-order valence-corrected chi connectivity index (χ1v) is 9.08. The molecule has 0 unspecified atom stereocenters. The van der Waals surface area contributed by atoms with Crippen molar-refractivity contribution in [1.29, 1.82) is 0 Å². The first-order chi connectivity index (χ1) is 11.2. The second-order valence-electron chi connectivity index (χ2n) is 4.52. The number of hydrogen-bond acceptors (Lipinski definition) is 7. The largest absolute Gasteiger partial charge is 0.363 e. The monoisotopic (exact) mass is 360 g/mol. The second-order valence-corrected chi connectivity index (χ2v) is 7.49. The molecule has 1 aromatic carbocycles. The van der Waals surface area contributed by atoms with E-state index in [-0.39, 0.29) is 5.82 Å². The fourth-order valence-electron chi connectivity index (χ4n) is 2.12. The molecule has 0 amide bonds. The summed E-state index contributed by atoms with van der Waals surface area (Å²) in [7, 11) is 0. The Kier molecular flexibility index (Phi) is 3.60. The number of aromatic nitrogens is 3. The molecule has 0 aliphatic rings. The number of benzene rings is 1. The average Bonchev–Trinajstić information content (AvgIpc) is 3.23. The average molecular weight is 360 g/mol. The Hall–Kier alpha value is -2.23. The van der Waals surface area contributed by atoms with E-state index in [1.54, 1.807) is 11.6 Å². The molecule has 3 heterocycles. The Morgan fingerprint density at radius 2 is 2.00 bits per heavy atom. The van der Waals surface area contributed by atoms with Crippen LogP contribution in [0.5, 0.6) is 0 Å². The van der Waals surface area contributed by atoms with E-state index in [1.807, 2.05) is 35.7 Å². The van der Waals surface area contributed by atoms with Crippen LogP contribution in [0.3, 0.4) is 0 Å². The SMILES string of the molecule is O=[N+]([O-])c1c(Sc2nc(-c3ccccc3)cs2)nc2sccn12. The fourth-order valence-corrected chi connectivity index (χ4v) is 4.72. The van der Waals surface area contributed by atoms with Crippen LogP contribution >= 0.6 is 34.4 Å². The summed E-state index contributed by atoms with van der Waals surface area (Å²) < 4.78 is 2.23. The van der Waals surface area contributed by atoms with E-state index in [4.69, 9.17) is 0 Å². The van der Waals surface area contributed by atoms with Gasteiger partial charge in [-0.25, -0.2) is 4.98 Å². The minimum Gasteiger partial charge on any atom is -0.358 e. The van der Waals surface area contributed by atoms with Gasteiger partial charge in [-0.15, -0.1) is 11.3 Å². The zero-order chi connectivity index (χ0) is 15.8. The van der Waals surface area contributed by atoms with Crippen molar-refractivity contribution in [3.05, 3.63) is 57.4 Å².